The van der Waals surface area contributed by atoms with Crippen LogP contribution in [0.1, 0.15) is 61.0 Å². The van der Waals surface area contributed by atoms with Crippen molar-refractivity contribution in [3.05, 3.63) is 35.6 Å². The molecular weight excluding hydrogens is 402 g/mol. The third-order valence-electron chi connectivity index (χ3n) is 4.35. The first-order valence-corrected chi connectivity index (χ1v) is 12.7. The van der Waals surface area contributed by atoms with Gasteiger partial charge in [-0.3, -0.25) is 0 Å². The first-order chi connectivity index (χ1) is 13.6. The fourth-order valence-corrected chi connectivity index (χ4v) is 6.35. The van der Waals surface area contributed by atoms with Gasteiger partial charge in [0.1, 0.15) is 5.75 Å². The highest BCUT2D eigenvalue weighted by molar-refractivity contribution is 7.50. The van der Waals surface area contributed by atoms with Gasteiger partial charge in [0.25, 0.3) is 0 Å². The molecule has 0 N–H and O–H groups in total. The summed E-state index contributed by atoms with van der Waals surface area (Å²) < 4.78 is 22.5. The Morgan fingerprint density at radius 1 is 0.759 bits per heavy atom. The minimum absolute atomic E-state index is 0.374. The van der Waals surface area contributed by atoms with E-state index in [1.54, 1.807) is 14.2 Å². The molecule has 0 aromatic heterocycles. The van der Waals surface area contributed by atoms with Crippen molar-refractivity contribution in [2.24, 2.45) is 0 Å². The van der Waals surface area contributed by atoms with Gasteiger partial charge in [-0.05, 0) is 73.3 Å². The van der Waals surface area contributed by atoms with E-state index >= 15 is 0 Å². The summed E-state index contributed by atoms with van der Waals surface area (Å²) in [6.45, 7) is 18.0. The number of para-hydroxylation sites is 1. The largest absolute Gasteiger partial charge is 0.444 e. The lowest BCUT2D eigenvalue weighted by atomic mass is 10.2. The summed E-state index contributed by atoms with van der Waals surface area (Å²) in [7, 11) is 1.29. The second kappa shape index (κ2) is 13.0. The van der Waals surface area contributed by atoms with Gasteiger partial charge in [0.15, 0.2) is 8.38 Å². The van der Waals surface area contributed by atoms with Crippen molar-refractivity contribution in [3.63, 3.8) is 0 Å². The molecule has 0 saturated heterocycles. The van der Waals surface area contributed by atoms with Crippen molar-refractivity contribution in [1.82, 2.24) is 9.34 Å². The predicted molar refractivity (Wildman–Crippen MR) is 128 cm³/mol. The van der Waals surface area contributed by atoms with Crippen LogP contribution in [0.4, 0.5) is 0 Å². The van der Waals surface area contributed by atoms with Gasteiger partial charge in [-0.1, -0.05) is 18.2 Å². The highest BCUT2D eigenvalue weighted by Crippen LogP contribution is 2.51. The lowest BCUT2D eigenvalue weighted by Crippen LogP contribution is -2.44. The molecule has 0 atom stereocenters. The van der Waals surface area contributed by atoms with Gasteiger partial charge in [-0.2, -0.15) is 0 Å². The van der Waals surface area contributed by atoms with E-state index in [0.717, 1.165) is 11.3 Å². The quantitative estimate of drug-likeness (QED) is 0.322. The summed E-state index contributed by atoms with van der Waals surface area (Å²) in [4.78, 5) is 0. The summed E-state index contributed by atoms with van der Waals surface area (Å²) in [6.07, 6.45) is 2.03. The smallest absolute Gasteiger partial charge is 0.249 e. The van der Waals surface area contributed by atoms with Gasteiger partial charge in [0.2, 0.25) is 8.45 Å². The Morgan fingerprint density at radius 2 is 1.21 bits per heavy atom. The van der Waals surface area contributed by atoms with Gasteiger partial charge in [0.05, 0.1) is 0 Å². The summed E-state index contributed by atoms with van der Waals surface area (Å²) >= 11 is 0. The number of rotatable bonds is 12. The standard InChI is InChI=1S/C22H40N2O3P2/c1-17(2)23(18(3)4)29(24(19(5)6)20(7)8)27-22-14-12-11-13-21(22)15-16-28(25-9)26-10/h11-20H,1-10H3/b16-15+. The Labute approximate surface area is 181 Å². The van der Waals surface area contributed by atoms with E-state index < -0.39 is 16.8 Å². The fourth-order valence-electron chi connectivity index (χ4n) is 3.32. The van der Waals surface area contributed by atoms with E-state index in [0.29, 0.717) is 24.2 Å². The first-order valence-electron chi connectivity index (χ1n) is 10.3. The minimum atomic E-state index is -1.03. The van der Waals surface area contributed by atoms with Crippen molar-refractivity contribution in [3.8, 4) is 5.75 Å². The molecule has 1 aromatic rings. The van der Waals surface area contributed by atoms with Crippen LogP contribution in [0, 0.1) is 0 Å². The molecule has 0 radical (unpaired) electrons. The number of hydrogen-bond donors (Lipinski definition) is 0. The predicted octanol–water partition coefficient (Wildman–Crippen LogP) is 7.11. The van der Waals surface area contributed by atoms with Crippen molar-refractivity contribution in [1.29, 1.82) is 0 Å². The van der Waals surface area contributed by atoms with Crippen molar-refractivity contribution in [2.45, 2.75) is 79.6 Å². The molecule has 0 aliphatic rings. The molecule has 0 aliphatic carbocycles. The molecule has 0 saturated carbocycles. The average molecular weight is 443 g/mol. The highest BCUT2D eigenvalue weighted by atomic mass is 31.2. The second-order valence-corrected chi connectivity index (χ2v) is 11.2. The lowest BCUT2D eigenvalue weighted by Gasteiger charge is -2.45. The van der Waals surface area contributed by atoms with E-state index in [1.165, 1.54) is 0 Å². The SMILES string of the molecule is COP(/C=C/c1ccccc1OP(N(C(C)C)C(C)C)N(C(C)C)C(C)C)OC. The molecule has 0 spiro atoms. The highest BCUT2D eigenvalue weighted by Gasteiger charge is 2.36. The van der Waals surface area contributed by atoms with Crippen molar-refractivity contribution in [2.75, 3.05) is 14.2 Å². The molecular formula is C22H40N2O3P2. The minimum Gasteiger partial charge on any atom is -0.444 e. The number of nitrogens with zero attached hydrogens (tertiary/aromatic N) is 2. The van der Waals surface area contributed by atoms with E-state index in [2.05, 4.69) is 76.9 Å². The normalized spacial score (nSPS) is 13.0. The Kier molecular flexibility index (Phi) is 11.9. The number of benzene rings is 1. The molecule has 29 heavy (non-hydrogen) atoms. The fraction of sp³-hybridized carbons (Fsp3) is 0.636. The van der Waals surface area contributed by atoms with Crippen LogP contribution in [0.3, 0.4) is 0 Å². The molecule has 0 bridgehead atoms. The maximum Gasteiger partial charge on any atom is 0.249 e. The molecule has 166 valence electrons. The van der Waals surface area contributed by atoms with Gasteiger partial charge >= 0.3 is 0 Å². The van der Waals surface area contributed by atoms with Gasteiger partial charge in [0, 0.05) is 44.0 Å². The van der Waals surface area contributed by atoms with E-state index in [4.69, 9.17) is 13.6 Å². The van der Waals surface area contributed by atoms with Crippen LogP contribution in [0.5, 0.6) is 5.75 Å². The molecule has 0 fully saturated rings. The first kappa shape index (κ1) is 26.5. The summed E-state index contributed by atoms with van der Waals surface area (Å²) in [5.74, 6) is 2.85. The Balaban J connectivity index is 3.36. The number of hydrogen-bond acceptors (Lipinski definition) is 5. The van der Waals surface area contributed by atoms with Crippen LogP contribution in [0.25, 0.3) is 6.08 Å². The second-order valence-electron chi connectivity index (χ2n) is 7.98. The Morgan fingerprint density at radius 3 is 1.62 bits per heavy atom. The maximum absolute atomic E-state index is 6.81. The van der Waals surface area contributed by atoms with E-state index in [9.17, 15) is 0 Å². The van der Waals surface area contributed by atoms with Crippen LogP contribution >= 0.6 is 16.8 Å². The molecule has 5 nitrogen and oxygen atoms in total. The third-order valence-corrected chi connectivity index (χ3v) is 8.46. The zero-order valence-corrected chi connectivity index (χ0v) is 21.6. The molecule has 0 heterocycles. The average Bonchev–Trinajstić information content (AvgIpc) is 2.62. The zero-order chi connectivity index (χ0) is 22.1. The van der Waals surface area contributed by atoms with Crippen LogP contribution in [0.15, 0.2) is 30.1 Å². The summed E-state index contributed by atoms with van der Waals surface area (Å²) in [6, 6.07) is 9.67. The Hall–Kier alpha value is -0.540. The van der Waals surface area contributed by atoms with Crippen molar-refractivity contribution >= 4 is 22.9 Å². The van der Waals surface area contributed by atoms with Gasteiger partial charge < -0.3 is 13.6 Å². The van der Waals surface area contributed by atoms with Gasteiger partial charge in [-0.25, -0.2) is 9.34 Å². The van der Waals surface area contributed by atoms with Crippen LogP contribution in [0.2, 0.25) is 0 Å². The van der Waals surface area contributed by atoms with Crippen LogP contribution < -0.4 is 4.52 Å². The topological polar surface area (TPSA) is 34.2 Å². The van der Waals surface area contributed by atoms with Gasteiger partial charge in [-0.15, -0.1) is 0 Å². The molecule has 1 aromatic carbocycles. The third kappa shape index (κ3) is 7.90. The monoisotopic (exact) mass is 442 g/mol. The van der Waals surface area contributed by atoms with E-state index in [1.807, 2.05) is 24.0 Å². The molecule has 1 rings (SSSR count). The summed E-state index contributed by atoms with van der Waals surface area (Å²) in [5.41, 5.74) is 1.03. The molecule has 7 heteroatoms. The molecule has 0 amide bonds. The lowest BCUT2D eigenvalue weighted by molar-refractivity contribution is 0.225. The molecule has 0 unspecified atom stereocenters. The van der Waals surface area contributed by atoms with Crippen molar-refractivity contribution < 1.29 is 13.6 Å². The summed E-state index contributed by atoms with van der Waals surface area (Å²) in [5, 5.41) is 0. The maximum atomic E-state index is 6.81. The van der Waals surface area contributed by atoms with Crippen LogP contribution in [-0.2, 0) is 9.05 Å². The van der Waals surface area contributed by atoms with Crippen LogP contribution in [-0.4, -0.2) is 47.7 Å². The molecule has 0 aliphatic heterocycles. The Bertz CT molecular complexity index is 584. The van der Waals surface area contributed by atoms with E-state index in [-0.39, 0.29) is 0 Å². The zero-order valence-electron chi connectivity index (χ0n) is 19.8.